The van der Waals surface area contributed by atoms with Crippen LogP contribution in [0.25, 0.3) is 0 Å². The highest BCUT2D eigenvalue weighted by atomic mass is 32.2. The lowest BCUT2D eigenvalue weighted by Crippen LogP contribution is -2.14. The van der Waals surface area contributed by atoms with Crippen LogP contribution in [0.3, 0.4) is 0 Å². The molecule has 2 aromatic rings. The van der Waals surface area contributed by atoms with Crippen molar-refractivity contribution in [2.24, 2.45) is 0 Å². The molecule has 0 saturated heterocycles. The van der Waals surface area contributed by atoms with Crippen LogP contribution in [0.4, 0.5) is 4.39 Å². The lowest BCUT2D eigenvalue weighted by atomic mass is 10.1. The second-order valence-corrected chi connectivity index (χ2v) is 6.56. The number of halogens is 1. The van der Waals surface area contributed by atoms with Crippen molar-refractivity contribution in [3.8, 4) is 5.75 Å². The Morgan fingerprint density at radius 2 is 2.14 bits per heavy atom. The first-order valence-electron chi connectivity index (χ1n) is 6.98. The van der Waals surface area contributed by atoms with Gasteiger partial charge in [0.05, 0.1) is 6.10 Å². The Labute approximate surface area is 128 Å². The molecule has 1 aliphatic heterocycles. The van der Waals surface area contributed by atoms with Crippen molar-refractivity contribution in [2.45, 2.75) is 29.6 Å². The van der Waals surface area contributed by atoms with Crippen LogP contribution < -0.4 is 4.74 Å². The molecule has 0 amide bonds. The van der Waals surface area contributed by atoms with E-state index in [0.29, 0.717) is 23.2 Å². The zero-order chi connectivity index (χ0) is 14.8. The van der Waals surface area contributed by atoms with Gasteiger partial charge in [-0.05, 0) is 43.2 Å². The number of hydrogen-bond donors (Lipinski definition) is 1. The van der Waals surface area contributed by atoms with Crippen LogP contribution in [0.5, 0.6) is 5.75 Å². The van der Waals surface area contributed by atoms with Crippen molar-refractivity contribution >= 4 is 11.8 Å². The van der Waals surface area contributed by atoms with E-state index in [1.54, 1.807) is 13.0 Å². The third-order valence-electron chi connectivity index (χ3n) is 3.56. The molecule has 0 saturated carbocycles. The van der Waals surface area contributed by atoms with E-state index in [-0.39, 0.29) is 5.82 Å². The molecular formula is C17H17FO2S. The lowest BCUT2D eigenvalue weighted by molar-refractivity contribution is 0.190. The van der Waals surface area contributed by atoms with Crippen molar-refractivity contribution in [1.29, 1.82) is 0 Å². The molecule has 1 aliphatic rings. The minimum Gasteiger partial charge on any atom is -0.492 e. The van der Waals surface area contributed by atoms with Gasteiger partial charge in [0.15, 0.2) is 0 Å². The quantitative estimate of drug-likeness (QED) is 0.926. The molecule has 0 bridgehead atoms. The summed E-state index contributed by atoms with van der Waals surface area (Å²) >= 11 is 1.81. The predicted octanol–water partition coefficient (Wildman–Crippen LogP) is 3.97. The lowest BCUT2D eigenvalue weighted by Gasteiger charge is -2.16. The number of aliphatic hydroxyl groups is 1. The molecule has 3 rings (SSSR count). The van der Waals surface area contributed by atoms with E-state index in [2.05, 4.69) is 12.1 Å². The maximum Gasteiger partial charge on any atom is 0.125 e. The fraction of sp³-hybridized carbons (Fsp3) is 0.294. The average Bonchev–Trinajstić information content (AvgIpc) is 2.88. The second kappa shape index (κ2) is 6.08. The first-order chi connectivity index (χ1) is 10.1. The Morgan fingerprint density at radius 1 is 1.33 bits per heavy atom. The number of fused-ring (bicyclic) bond motifs is 1. The van der Waals surface area contributed by atoms with Crippen LogP contribution in [0.2, 0.25) is 0 Å². The molecule has 0 radical (unpaired) electrons. The molecule has 1 unspecified atom stereocenters. The van der Waals surface area contributed by atoms with Gasteiger partial charge in [-0.3, -0.25) is 0 Å². The molecule has 2 nitrogen and oxygen atoms in total. The zero-order valence-electron chi connectivity index (χ0n) is 11.8. The van der Waals surface area contributed by atoms with Gasteiger partial charge in [0.25, 0.3) is 0 Å². The minimum atomic E-state index is -0.746. The van der Waals surface area contributed by atoms with Crippen molar-refractivity contribution < 1.29 is 14.2 Å². The number of rotatable bonds is 4. The summed E-state index contributed by atoms with van der Waals surface area (Å²) in [5.74, 6) is 0.198. The molecule has 110 valence electrons. The maximum absolute atomic E-state index is 13.3. The Hall–Kier alpha value is -1.52. The topological polar surface area (TPSA) is 29.5 Å². The number of aliphatic hydroxyl groups excluding tert-OH is 1. The summed E-state index contributed by atoms with van der Waals surface area (Å²) < 4.78 is 19.1. The summed E-state index contributed by atoms with van der Waals surface area (Å²) in [7, 11) is 0. The van der Waals surface area contributed by atoms with E-state index in [0.717, 1.165) is 6.42 Å². The molecule has 21 heavy (non-hydrogen) atoms. The van der Waals surface area contributed by atoms with Crippen LogP contribution in [-0.4, -0.2) is 17.0 Å². The first kappa shape index (κ1) is 14.4. The molecule has 0 spiro atoms. The minimum absolute atomic E-state index is 0.356. The molecule has 0 aliphatic carbocycles. The summed E-state index contributed by atoms with van der Waals surface area (Å²) in [6, 6.07) is 12.6. The van der Waals surface area contributed by atoms with E-state index >= 15 is 0 Å². The van der Waals surface area contributed by atoms with E-state index in [1.165, 1.54) is 22.6 Å². The predicted molar refractivity (Wildman–Crippen MR) is 82.3 cm³/mol. The maximum atomic E-state index is 13.3. The van der Waals surface area contributed by atoms with Crippen LogP contribution in [0, 0.1) is 5.82 Å². The highest BCUT2D eigenvalue weighted by Gasteiger charge is 2.23. The van der Waals surface area contributed by atoms with Crippen LogP contribution in [0.1, 0.15) is 24.2 Å². The molecule has 0 aromatic heterocycles. The molecule has 1 heterocycles. The Kier molecular flexibility index (Phi) is 4.17. The van der Waals surface area contributed by atoms with Crippen molar-refractivity contribution in [2.75, 3.05) is 6.61 Å². The van der Waals surface area contributed by atoms with E-state index < -0.39 is 6.10 Å². The van der Waals surface area contributed by atoms with Crippen molar-refractivity contribution in [1.82, 2.24) is 0 Å². The third kappa shape index (κ3) is 3.22. The fourth-order valence-electron chi connectivity index (χ4n) is 2.51. The van der Waals surface area contributed by atoms with Gasteiger partial charge in [0.1, 0.15) is 18.2 Å². The molecule has 2 atom stereocenters. The number of benzene rings is 2. The molecule has 2 aromatic carbocycles. The Morgan fingerprint density at radius 3 is 2.90 bits per heavy atom. The molecule has 1 N–H and O–H groups in total. The molecule has 4 heteroatoms. The van der Waals surface area contributed by atoms with Crippen molar-refractivity contribution in [3.63, 3.8) is 0 Å². The van der Waals surface area contributed by atoms with E-state index in [1.807, 2.05) is 23.9 Å². The van der Waals surface area contributed by atoms with Crippen molar-refractivity contribution in [3.05, 3.63) is 59.4 Å². The van der Waals surface area contributed by atoms with Gasteiger partial charge in [-0.2, -0.15) is 0 Å². The number of thioether (sulfide) groups is 1. The van der Waals surface area contributed by atoms with Crippen LogP contribution >= 0.6 is 11.8 Å². The molecular weight excluding hydrogens is 287 g/mol. The summed E-state index contributed by atoms with van der Waals surface area (Å²) in [6.45, 7) is 2.16. The summed E-state index contributed by atoms with van der Waals surface area (Å²) in [6.07, 6.45) is 0.232. The normalized spacial score (nSPS) is 18.3. The van der Waals surface area contributed by atoms with Gasteiger partial charge >= 0.3 is 0 Å². The van der Waals surface area contributed by atoms with Gasteiger partial charge in [-0.1, -0.05) is 18.2 Å². The average molecular weight is 304 g/mol. The first-order valence-corrected chi connectivity index (χ1v) is 7.86. The second-order valence-electron chi connectivity index (χ2n) is 5.22. The van der Waals surface area contributed by atoms with E-state index in [4.69, 9.17) is 4.74 Å². The van der Waals surface area contributed by atoms with Crippen LogP contribution in [0.15, 0.2) is 47.4 Å². The monoisotopic (exact) mass is 304 g/mol. The van der Waals surface area contributed by atoms with Gasteiger partial charge in [0, 0.05) is 15.7 Å². The fourth-order valence-corrected chi connectivity index (χ4v) is 3.72. The Bertz CT molecular complexity index is 617. The summed E-state index contributed by atoms with van der Waals surface area (Å²) in [5.41, 5.74) is 1.85. The largest absolute Gasteiger partial charge is 0.492 e. The third-order valence-corrected chi connectivity index (χ3v) is 4.85. The van der Waals surface area contributed by atoms with Gasteiger partial charge in [-0.15, -0.1) is 11.8 Å². The zero-order valence-corrected chi connectivity index (χ0v) is 12.6. The van der Waals surface area contributed by atoms with E-state index in [9.17, 15) is 9.50 Å². The van der Waals surface area contributed by atoms with Gasteiger partial charge in [-0.25, -0.2) is 4.39 Å². The standard InChI is InChI=1S/C17H17FO2S/c1-11(19)15-9-13(18)6-7-16(15)20-10-14-8-12-4-2-3-5-17(12)21-14/h2-7,9,11,14,19H,8,10H2,1H3/t11-,14?/m0/s1. The number of ether oxygens (including phenoxy) is 1. The summed E-state index contributed by atoms with van der Waals surface area (Å²) in [5, 5.41) is 10.1. The van der Waals surface area contributed by atoms with Gasteiger partial charge < -0.3 is 9.84 Å². The highest BCUT2D eigenvalue weighted by molar-refractivity contribution is 8.00. The summed E-state index contributed by atoms with van der Waals surface area (Å²) in [4.78, 5) is 1.31. The Balaban J connectivity index is 1.67. The van der Waals surface area contributed by atoms with Crippen LogP contribution in [-0.2, 0) is 6.42 Å². The highest BCUT2D eigenvalue weighted by Crippen LogP contribution is 2.37. The SMILES string of the molecule is C[C@H](O)c1cc(F)ccc1OCC1Cc2ccccc2S1. The van der Waals surface area contributed by atoms with Gasteiger partial charge in [0.2, 0.25) is 0 Å². The molecule has 0 fully saturated rings. The number of hydrogen-bond acceptors (Lipinski definition) is 3. The smallest absolute Gasteiger partial charge is 0.125 e.